The van der Waals surface area contributed by atoms with E-state index < -0.39 is 29.4 Å². The van der Waals surface area contributed by atoms with Crippen LogP contribution in [0.3, 0.4) is 0 Å². The number of nitrogen functional groups attached to an aromatic ring is 1. The van der Waals surface area contributed by atoms with Gasteiger partial charge in [-0.3, -0.25) is 8.60 Å². The van der Waals surface area contributed by atoms with Gasteiger partial charge in [0.25, 0.3) is 0 Å². The van der Waals surface area contributed by atoms with E-state index in [1.54, 1.807) is 6.07 Å². The molecule has 4 N–H and O–H groups in total. The number of rotatable bonds is 9. The summed E-state index contributed by atoms with van der Waals surface area (Å²) in [5.41, 5.74) is 8.62. The molecule has 1 aliphatic heterocycles. The molecule has 1 heterocycles. The summed E-state index contributed by atoms with van der Waals surface area (Å²) in [4.78, 5) is 0. The van der Waals surface area contributed by atoms with Crippen molar-refractivity contribution in [1.82, 2.24) is 5.32 Å². The Morgan fingerprint density at radius 1 is 1.21 bits per heavy atom. The van der Waals surface area contributed by atoms with E-state index >= 15 is 0 Å². The lowest BCUT2D eigenvalue weighted by Gasteiger charge is -2.35. The quantitative estimate of drug-likeness (QED) is 0.364. The summed E-state index contributed by atoms with van der Waals surface area (Å²) in [6.07, 6.45) is -0.209. The molecule has 34 heavy (non-hydrogen) atoms. The third-order valence-electron chi connectivity index (χ3n) is 6.21. The standard InChI is InChI=1S/C26H36F2N2O3S/c1-26(2,3)20-7-4-6-17(11-20)14-30-22-16-34(32)15-19(25(22)31)10-18-12-21(28)24(29)23(13-18)33-9-5-8-27/h4,6-7,11-13,19,22,25,30-31H,5,8-10,14-16,29H2,1-3H3/t19-,22+,25+,34?/m1/s1. The molecule has 1 aliphatic rings. The molecule has 0 radical (unpaired) electrons. The smallest absolute Gasteiger partial charge is 0.150 e. The van der Waals surface area contributed by atoms with Gasteiger partial charge in [0, 0.05) is 47.2 Å². The molecule has 0 aromatic heterocycles. The minimum absolute atomic E-state index is 0.0374. The van der Waals surface area contributed by atoms with Gasteiger partial charge >= 0.3 is 0 Å². The topological polar surface area (TPSA) is 84.6 Å². The average molecular weight is 495 g/mol. The highest BCUT2D eigenvalue weighted by molar-refractivity contribution is 7.85. The maximum absolute atomic E-state index is 14.4. The predicted octanol–water partition coefficient (Wildman–Crippen LogP) is 3.88. The fourth-order valence-corrected chi connectivity index (χ4v) is 5.86. The van der Waals surface area contributed by atoms with E-state index in [0.29, 0.717) is 30.0 Å². The summed E-state index contributed by atoms with van der Waals surface area (Å²) < 4.78 is 44.8. The zero-order valence-corrected chi connectivity index (χ0v) is 21.0. The molecule has 4 atom stereocenters. The van der Waals surface area contributed by atoms with Crippen molar-refractivity contribution < 1.29 is 22.8 Å². The maximum Gasteiger partial charge on any atom is 0.150 e. The molecule has 2 aromatic rings. The Kier molecular flexibility index (Phi) is 9.07. The van der Waals surface area contributed by atoms with Crippen molar-refractivity contribution >= 4 is 16.5 Å². The number of aliphatic hydroxyl groups is 1. The molecule has 1 fully saturated rings. The molecule has 0 aliphatic carbocycles. The van der Waals surface area contributed by atoms with Gasteiger partial charge in [-0.25, -0.2) is 4.39 Å². The van der Waals surface area contributed by atoms with Gasteiger partial charge in [-0.05, 0) is 40.7 Å². The summed E-state index contributed by atoms with van der Waals surface area (Å²) in [6, 6.07) is 10.9. The Bertz CT molecular complexity index is 996. The summed E-state index contributed by atoms with van der Waals surface area (Å²) in [5, 5.41) is 14.4. The van der Waals surface area contributed by atoms with Crippen molar-refractivity contribution in [2.75, 3.05) is 30.5 Å². The molecular weight excluding hydrogens is 458 g/mol. The minimum atomic E-state index is -1.11. The Labute approximate surface area is 203 Å². The summed E-state index contributed by atoms with van der Waals surface area (Å²) in [7, 11) is -1.11. The Morgan fingerprint density at radius 2 is 1.97 bits per heavy atom. The highest BCUT2D eigenvalue weighted by Crippen LogP contribution is 2.30. The fourth-order valence-electron chi connectivity index (χ4n) is 4.21. The second-order valence-electron chi connectivity index (χ2n) is 10.0. The average Bonchev–Trinajstić information content (AvgIpc) is 2.78. The molecule has 0 spiro atoms. The number of nitrogens with two attached hydrogens (primary N) is 1. The number of hydrogen-bond donors (Lipinski definition) is 3. The van der Waals surface area contributed by atoms with Crippen molar-refractivity contribution in [3.8, 4) is 5.75 Å². The van der Waals surface area contributed by atoms with Crippen LogP contribution in [0.4, 0.5) is 14.5 Å². The third-order valence-corrected chi connectivity index (χ3v) is 7.74. The van der Waals surface area contributed by atoms with Crippen LogP contribution in [0.1, 0.15) is 43.9 Å². The first kappa shape index (κ1) is 26.6. The SMILES string of the molecule is CC(C)(C)c1cccc(CN[C@H]2CS(=O)C[C@@H](Cc3cc(F)c(N)c(OCCCF)c3)[C@@H]2O)c1. The highest BCUT2D eigenvalue weighted by Gasteiger charge is 2.35. The lowest BCUT2D eigenvalue weighted by molar-refractivity contribution is 0.0794. The molecule has 1 saturated heterocycles. The number of nitrogens with one attached hydrogen (secondary N) is 1. The van der Waals surface area contributed by atoms with E-state index in [0.717, 1.165) is 5.56 Å². The van der Waals surface area contributed by atoms with Gasteiger partial charge in [-0.15, -0.1) is 0 Å². The van der Waals surface area contributed by atoms with E-state index in [-0.39, 0.29) is 41.8 Å². The van der Waals surface area contributed by atoms with Crippen LogP contribution in [0.15, 0.2) is 36.4 Å². The van der Waals surface area contributed by atoms with E-state index in [2.05, 4.69) is 38.2 Å². The Balaban J connectivity index is 1.68. The van der Waals surface area contributed by atoms with Crippen molar-refractivity contribution in [1.29, 1.82) is 0 Å². The van der Waals surface area contributed by atoms with Crippen LogP contribution in [-0.2, 0) is 29.2 Å². The minimum Gasteiger partial charge on any atom is -0.491 e. The number of anilines is 1. The number of halogens is 2. The molecule has 0 bridgehead atoms. The van der Waals surface area contributed by atoms with E-state index in [1.165, 1.54) is 11.6 Å². The monoisotopic (exact) mass is 494 g/mol. The zero-order chi connectivity index (χ0) is 24.9. The fraction of sp³-hybridized carbons (Fsp3) is 0.538. The van der Waals surface area contributed by atoms with Gasteiger partial charge in [-0.1, -0.05) is 45.0 Å². The van der Waals surface area contributed by atoms with Gasteiger partial charge in [0.05, 0.1) is 19.4 Å². The van der Waals surface area contributed by atoms with Crippen LogP contribution >= 0.6 is 0 Å². The van der Waals surface area contributed by atoms with Crippen molar-refractivity contribution in [3.05, 3.63) is 58.9 Å². The van der Waals surface area contributed by atoms with Gasteiger partial charge in [0.2, 0.25) is 0 Å². The molecular formula is C26H36F2N2O3S. The van der Waals surface area contributed by atoms with Crippen LogP contribution in [0.25, 0.3) is 0 Å². The number of aliphatic hydroxyl groups excluding tert-OH is 1. The summed E-state index contributed by atoms with van der Waals surface area (Å²) in [5.74, 6) is -0.0571. The Hall–Kier alpha value is -2.03. The van der Waals surface area contributed by atoms with Crippen molar-refractivity contribution in [2.24, 2.45) is 5.92 Å². The summed E-state index contributed by atoms with van der Waals surface area (Å²) in [6.45, 7) is 6.61. The van der Waals surface area contributed by atoms with Gasteiger partial charge in [-0.2, -0.15) is 0 Å². The molecule has 2 aromatic carbocycles. The molecule has 188 valence electrons. The van der Waals surface area contributed by atoms with Gasteiger partial charge in [0.1, 0.15) is 17.3 Å². The van der Waals surface area contributed by atoms with Crippen LogP contribution in [-0.4, -0.2) is 46.2 Å². The molecule has 5 nitrogen and oxygen atoms in total. The zero-order valence-electron chi connectivity index (χ0n) is 20.2. The number of hydrogen-bond acceptors (Lipinski definition) is 5. The Morgan fingerprint density at radius 3 is 2.68 bits per heavy atom. The third kappa shape index (κ3) is 6.99. The van der Waals surface area contributed by atoms with Crippen LogP contribution in [0, 0.1) is 11.7 Å². The molecule has 0 saturated carbocycles. The van der Waals surface area contributed by atoms with Crippen LogP contribution in [0.2, 0.25) is 0 Å². The first-order valence-electron chi connectivity index (χ1n) is 11.7. The van der Waals surface area contributed by atoms with Crippen LogP contribution < -0.4 is 15.8 Å². The second kappa shape index (κ2) is 11.6. The molecule has 1 unspecified atom stereocenters. The number of benzene rings is 2. The molecule has 0 amide bonds. The van der Waals surface area contributed by atoms with E-state index in [1.807, 2.05) is 12.1 Å². The van der Waals surface area contributed by atoms with Crippen LogP contribution in [0.5, 0.6) is 5.75 Å². The predicted molar refractivity (Wildman–Crippen MR) is 134 cm³/mol. The number of ether oxygens (including phenoxy) is 1. The largest absolute Gasteiger partial charge is 0.491 e. The normalized spacial score (nSPS) is 23.1. The lowest BCUT2D eigenvalue weighted by atomic mass is 9.86. The summed E-state index contributed by atoms with van der Waals surface area (Å²) >= 11 is 0. The number of alkyl halides is 1. The van der Waals surface area contributed by atoms with Crippen molar-refractivity contribution in [3.63, 3.8) is 0 Å². The first-order valence-corrected chi connectivity index (χ1v) is 13.2. The van der Waals surface area contributed by atoms with Gasteiger partial charge in [0.15, 0.2) is 0 Å². The van der Waals surface area contributed by atoms with E-state index in [9.17, 15) is 18.1 Å². The van der Waals surface area contributed by atoms with Crippen molar-refractivity contribution in [2.45, 2.75) is 57.7 Å². The maximum atomic E-state index is 14.4. The molecule has 8 heteroatoms. The highest BCUT2D eigenvalue weighted by atomic mass is 32.2. The van der Waals surface area contributed by atoms with E-state index in [4.69, 9.17) is 10.5 Å². The van der Waals surface area contributed by atoms with Gasteiger partial charge < -0.3 is 20.9 Å². The first-order chi connectivity index (χ1) is 16.1. The lowest BCUT2D eigenvalue weighted by Crippen LogP contribution is -2.53. The molecule has 3 rings (SSSR count). The second-order valence-corrected chi connectivity index (χ2v) is 11.6.